The Labute approximate surface area is 183 Å². The van der Waals surface area contributed by atoms with Gasteiger partial charge in [0.25, 0.3) is 11.8 Å². The molecule has 0 heterocycles. The van der Waals surface area contributed by atoms with Crippen LogP contribution in [0.4, 0.5) is 0 Å². The molecular formula is C23H21BrN2O4. The Hall–Kier alpha value is -3.32. The highest BCUT2D eigenvalue weighted by Gasteiger charge is 2.13. The maximum atomic E-state index is 12.5. The number of amides is 2. The second kappa shape index (κ2) is 10.5. The van der Waals surface area contributed by atoms with Crippen LogP contribution in [0.25, 0.3) is 0 Å². The molecule has 0 unspecified atom stereocenters. The second-order valence-electron chi connectivity index (χ2n) is 6.50. The predicted molar refractivity (Wildman–Crippen MR) is 117 cm³/mol. The van der Waals surface area contributed by atoms with Gasteiger partial charge in [-0.25, -0.2) is 0 Å². The minimum absolute atomic E-state index is 0.242. The van der Waals surface area contributed by atoms with Crippen LogP contribution in [0.2, 0.25) is 0 Å². The summed E-state index contributed by atoms with van der Waals surface area (Å²) < 4.78 is 12.0. The molecule has 3 rings (SSSR count). The standard InChI is InChI=1S/C23H21BrN2O4/c1-16-11-12-21(19(24)13-16)30-15-22(27)25-26-23(28)18-9-5-6-10-20(18)29-14-17-7-3-2-4-8-17/h2-13H,14-15H2,1H3,(H,25,27)(H,26,28). The monoisotopic (exact) mass is 468 g/mol. The van der Waals surface area contributed by atoms with E-state index in [1.807, 2.05) is 49.4 Å². The van der Waals surface area contributed by atoms with Crippen LogP contribution in [-0.2, 0) is 11.4 Å². The number of carbonyl (C=O) groups excluding carboxylic acids is 2. The highest BCUT2D eigenvalue weighted by atomic mass is 79.9. The topological polar surface area (TPSA) is 76.7 Å². The molecule has 3 aromatic carbocycles. The minimum Gasteiger partial charge on any atom is -0.488 e. The van der Waals surface area contributed by atoms with Crippen LogP contribution in [0.5, 0.6) is 11.5 Å². The van der Waals surface area contributed by atoms with Gasteiger partial charge in [0.05, 0.1) is 10.0 Å². The maximum Gasteiger partial charge on any atom is 0.276 e. The number of hydrazine groups is 1. The number of halogens is 1. The van der Waals surface area contributed by atoms with E-state index in [9.17, 15) is 9.59 Å². The number of nitrogens with one attached hydrogen (secondary N) is 2. The van der Waals surface area contributed by atoms with Gasteiger partial charge in [0.2, 0.25) is 0 Å². The smallest absolute Gasteiger partial charge is 0.276 e. The molecule has 3 aromatic rings. The Balaban J connectivity index is 1.52. The molecule has 6 nitrogen and oxygen atoms in total. The number of hydrogen-bond donors (Lipinski definition) is 2. The molecule has 0 saturated carbocycles. The molecule has 7 heteroatoms. The molecule has 0 saturated heterocycles. The molecule has 0 radical (unpaired) electrons. The molecule has 2 N–H and O–H groups in total. The molecule has 0 aliphatic heterocycles. The van der Waals surface area contributed by atoms with E-state index in [0.29, 0.717) is 23.7 Å². The van der Waals surface area contributed by atoms with Gasteiger partial charge in [-0.05, 0) is 58.2 Å². The molecule has 0 fully saturated rings. The summed E-state index contributed by atoms with van der Waals surface area (Å²) >= 11 is 3.39. The Morgan fingerprint density at radius 2 is 1.60 bits per heavy atom. The summed E-state index contributed by atoms with van der Waals surface area (Å²) in [5, 5.41) is 0. The number of aryl methyl sites for hydroxylation is 1. The number of benzene rings is 3. The van der Waals surface area contributed by atoms with Crippen molar-refractivity contribution >= 4 is 27.7 Å². The Bertz CT molecular complexity index is 1020. The van der Waals surface area contributed by atoms with Crippen LogP contribution in [-0.4, -0.2) is 18.4 Å². The van der Waals surface area contributed by atoms with E-state index in [1.165, 1.54) is 0 Å². The zero-order valence-electron chi connectivity index (χ0n) is 16.4. The third kappa shape index (κ3) is 6.09. The lowest BCUT2D eigenvalue weighted by atomic mass is 10.2. The molecule has 154 valence electrons. The minimum atomic E-state index is -0.487. The fraction of sp³-hybridized carbons (Fsp3) is 0.130. The molecule has 2 amide bonds. The van der Waals surface area contributed by atoms with E-state index in [-0.39, 0.29) is 6.61 Å². The van der Waals surface area contributed by atoms with Crippen LogP contribution in [0.15, 0.2) is 77.3 Å². The van der Waals surface area contributed by atoms with Gasteiger partial charge in [0.15, 0.2) is 6.61 Å². The van der Waals surface area contributed by atoms with E-state index in [4.69, 9.17) is 9.47 Å². The normalized spacial score (nSPS) is 10.2. The van der Waals surface area contributed by atoms with Gasteiger partial charge in [-0.3, -0.25) is 20.4 Å². The zero-order valence-corrected chi connectivity index (χ0v) is 17.9. The number of para-hydroxylation sites is 1. The van der Waals surface area contributed by atoms with Crippen molar-refractivity contribution in [3.05, 3.63) is 94.0 Å². The van der Waals surface area contributed by atoms with Gasteiger partial charge in [-0.15, -0.1) is 0 Å². The van der Waals surface area contributed by atoms with Crippen molar-refractivity contribution in [3.8, 4) is 11.5 Å². The van der Waals surface area contributed by atoms with Gasteiger partial charge in [-0.1, -0.05) is 48.5 Å². The highest BCUT2D eigenvalue weighted by Crippen LogP contribution is 2.25. The first-order valence-corrected chi connectivity index (χ1v) is 10.1. The van der Waals surface area contributed by atoms with Crippen molar-refractivity contribution in [2.45, 2.75) is 13.5 Å². The van der Waals surface area contributed by atoms with E-state index < -0.39 is 11.8 Å². The Morgan fingerprint density at radius 1 is 0.867 bits per heavy atom. The van der Waals surface area contributed by atoms with Crippen molar-refractivity contribution in [3.63, 3.8) is 0 Å². The van der Waals surface area contributed by atoms with E-state index in [1.54, 1.807) is 30.3 Å². The zero-order chi connectivity index (χ0) is 21.3. The van der Waals surface area contributed by atoms with Gasteiger partial charge in [0, 0.05) is 0 Å². The molecule has 0 atom stereocenters. The number of hydrogen-bond acceptors (Lipinski definition) is 4. The molecule has 0 bridgehead atoms. The molecule has 0 aliphatic rings. The summed E-state index contributed by atoms with van der Waals surface area (Å²) in [4.78, 5) is 24.5. The average molecular weight is 469 g/mol. The summed E-state index contributed by atoms with van der Waals surface area (Å²) in [7, 11) is 0. The quantitative estimate of drug-likeness (QED) is 0.510. The lowest BCUT2D eigenvalue weighted by Crippen LogP contribution is -2.43. The molecule has 0 aliphatic carbocycles. The Morgan fingerprint density at radius 3 is 2.37 bits per heavy atom. The molecular weight excluding hydrogens is 448 g/mol. The van der Waals surface area contributed by atoms with Gasteiger partial charge in [-0.2, -0.15) is 0 Å². The summed E-state index contributed by atoms with van der Waals surface area (Å²) in [6.45, 7) is 2.04. The van der Waals surface area contributed by atoms with Crippen LogP contribution in [0.1, 0.15) is 21.5 Å². The van der Waals surface area contributed by atoms with Crippen molar-refractivity contribution in [2.24, 2.45) is 0 Å². The fourth-order valence-electron chi connectivity index (χ4n) is 2.61. The SMILES string of the molecule is Cc1ccc(OCC(=O)NNC(=O)c2ccccc2OCc2ccccc2)c(Br)c1. The summed E-state index contributed by atoms with van der Waals surface area (Å²) in [5.41, 5.74) is 7.11. The number of rotatable bonds is 7. The first-order valence-electron chi connectivity index (χ1n) is 9.27. The van der Waals surface area contributed by atoms with Gasteiger partial charge >= 0.3 is 0 Å². The highest BCUT2D eigenvalue weighted by molar-refractivity contribution is 9.10. The van der Waals surface area contributed by atoms with Crippen LogP contribution >= 0.6 is 15.9 Å². The Kier molecular flexibility index (Phi) is 7.45. The van der Waals surface area contributed by atoms with Crippen LogP contribution in [0, 0.1) is 6.92 Å². The van der Waals surface area contributed by atoms with Gasteiger partial charge < -0.3 is 9.47 Å². The predicted octanol–water partition coefficient (Wildman–Crippen LogP) is 4.18. The van der Waals surface area contributed by atoms with Gasteiger partial charge in [0.1, 0.15) is 18.1 Å². The summed E-state index contributed by atoms with van der Waals surface area (Å²) in [5.74, 6) is -0.00305. The van der Waals surface area contributed by atoms with Crippen molar-refractivity contribution < 1.29 is 19.1 Å². The number of ether oxygens (including phenoxy) is 2. The molecule has 30 heavy (non-hydrogen) atoms. The summed E-state index contributed by atoms with van der Waals surface area (Å²) in [6, 6.07) is 22.0. The third-order valence-corrected chi connectivity index (χ3v) is 4.75. The third-order valence-electron chi connectivity index (χ3n) is 4.13. The molecule has 0 aromatic heterocycles. The number of carbonyl (C=O) groups is 2. The van der Waals surface area contributed by atoms with Crippen LogP contribution < -0.4 is 20.3 Å². The van der Waals surface area contributed by atoms with E-state index in [2.05, 4.69) is 26.8 Å². The van der Waals surface area contributed by atoms with Crippen LogP contribution in [0.3, 0.4) is 0 Å². The largest absolute Gasteiger partial charge is 0.488 e. The van der Waals surface area contributed by atoms with E-state index in [0.717, 1.165) is 15.6 Å². The van der Waals surface area contributed by atoms with Crippen molar-refractivity contribution in [1.82, 2.24) is 10.9 Å². The van der Waals surface area contributed by atoms with Crippen molar-refractivity contribution in [2.75, 3.05) is 6.61 Å². The van der Waals surface area contributed by atoms with E-state index >= 15 is 0 Å². The molecule has 0 spiro atoms. The second-order valence-corrected chi connectivity index (χ2v) is 7.35. The lowest BCUT2D eigenvalue weighted by molar-refractivity contribution is -0.123. The average Bonchev–Trinajstić information content (AvgIpc) is 2.76. The summed E-state index contributed by atoms with van der Waals surface area (Å²) in [6.07, 6.45) is 0. The van der Waals surface area contributed by atoms with Crippen molar-refractivity contribution in [1.29, 1.82) is 0 Å². The fourth-order valence-corrected chi connectivity index (χ4v) is 3.22. The first-order chi connectivity index (χ1) is 14.5. The lowest BCUT2D eigenvalue weighted by Gasteiger charge is -2.13. The maximum absolute atomic E-state index is 12.5. The first kappa shape index (κ1) is 21.4.